The molecular formula is C13H26N2O. The molecule has 2 rings (SSSR count). The van der Waals surface area contributed by atoms with Crippen LogP contribution in [0.15, 0.2) is 0 Å². The van der Waals surface area contributed by atoms with Crippen molar-refractivity contribution >= 4 is 0 Å². The van der Waals surface area contributed by atoms with Crippen LogP contribution >= 0.6 is 0 Å². The quantitative estimate of drug-likeness (QED) is 0.746. The van der Waals surface area contributed by atoms with Crippen LogP contribution in [0.25, 0.3) is 0 Å². The smallest absolute Gasteiger partial charge is 0.0700 e. The third kappa shape index (κ3) is 3.72. The van der Waals surface area contributed by atoms with Crippen molar-refractivity contribution in [2.24, 2.45) is 5.92 Å². The van der Waals surface area contributed by atoms with E-state index in [-0.39, 0.29) is 0 Å². The maximum atomic E-state index is 5.60. The summed E-state index contributed by atoms with van der Waals surface area (Å²) in [6.45, 7) is 6.62. The van der Waals surface area contributed by atoms with Crippen molar-refractivity contribution in [3.63, 3.8) is 0 Å². The fourth-order valence-electron chi connectivity index (χ4n) is 2.85. The Bertz CT molecular complexity index is 192. The van der Waals surface area contributed by atoms with Gasteiger partial charge in [-0.15, -0.1) is 0 Å². The lowest BCUT2D eigenvalue weighted by Gasteiger charge is -2.30. The zero-order valence-electron chi connectivity index (χ0n) is 10.5. The van der Waals surface area contributed by atoms with E-state index in [1.165, 1.54) is 38.6 Å². The highest BCUT2D eigenvalue weighted by molar-refractivity contribution is 4.80. The van der Waals surface area contributed by atoms with Gasteiger partial charge in [0.2, 0.25) is 0 Å². The number of ether oxygens (including phenoxy) is 1. The zero-order chi connectivity index (χ0) is 11.2. The first kappa shape index (κ1) is 12.3. The summed E-state index contributed by atoms with van der Waals surface area (Å²) >= 11 is 0. The molecule has 0 saturated carbocycles. The first-order valence-electron chi connectivity index (χ1n) is 6.94. The van der Waals surface area contributed by atoms with Gasteiger partial charge in [-0.3, -0.25) is 0 Å². The van der Waals surface area contributed by atoms with Gasteiger partial charge in [0, 0.05) is 25.7 Å². The molecule has 0 bridgehead atoms. The summed E-state index contributed by atoms with van der Waals surface area (Å²) in [5.74, 6) is 0.941. The van der Waals surface area contributed by atoms with Crippen molar-refractivity contribution in [3.8, 4) is 0 Å². The minimum atomic E-state index is 0.477. The monoisotopic (exact) mass is 226 g/mol. The van der Waals surface area contributed by atoms with E-state index < -0.39 is 0 Å². The van der Waals surface area contributed by atoms with Gasteiger partial charge in [-0.2, -0.15) is 0 Å². The second-order valence-electron chi connectivity index (χ2n) is 5.24. The van der Waals surface area contributed by atoms with Gasteiger partial charge in [0.15, 0.2) is 0 Å². The molecule has 0 aromatic rings. The minimum Gasteiger partial charge on any atom is -0.377 e. The van der Waals surface area contributed by atoms with Crippen molar-refractivity contribution in [3.05, 3.63) is 0 Å². The maximum Gasteiger partial charge on any atom is 0.0700 e. The first-order chi connectivity index (χ1) is 7.88. The van der Waals surface area contributed by atoms with E-state index >= 15 is 0 Å². The highest BCUT2D eigenvalue weighted by Gasteiger charge is 2.20. The molecule has 0 spiro atoms. The normalized spacial score (nSPS) is 35.4. The molecule has 2 aliphatic heterocycles. The number of rotatable bonds is 5. The molecule has 3 nitrogen and oxygen atoms in total. The summed E-state index contributed by atoms with van der Waals surface area (Å²) in [6, 6.07) is 0.681. The van der Waals surface area contributed by atoms with Gasteiger partial charge in [0.1, 0.15) is 0 Å². The van der Waals surface area contributed by atoms with Crippen molar-refractivity contribution in [1.29, 1.82) is 0 Å². The van der Waals surface area contributed by atoms with Gasteiger partial charge < -0.3 is 15.4 Å². The summed E-state index contributed by atoms with van der Waals surface area (Å²) in [5, 5.41) is 7.16. The standard InChI is InChI=1S/C13H26N2O/c1-2-11-5-6-15-12(8-11)9-14-10-13-4-3-7-16-13/h11-15H,2-10H2,1H3. The Morgan fingerprint density at radius 1 is 1.31 bits per heavy atom. The fourth-order valence-corrected chi connectivity index (χ4v) is 2.85. The van der Waals surface area contributed by atoms with Gasteiger partial charge in [-0.1, -0.05) is 13.3 Å². The molecule has 0 amide bonds. The molecule has 3 atom stereocenters. The molecule has 94 valence electrons. The zero-order valence-corrected chi connectivity index (χ0v) is 10.5. The predicted molar refractivity (Wildman–Crippen MR) is 66.6 cm³/mol. The van der Waals surface area contributed by atoms with Crippen LogP contribution < -0.4 is 10.6 Å². The van der Waals surface area contributed by atoms with E-state index in [0.29, 0.717) is 12.1 Å². The maximum absolute atomic E-state index is 5.60. The molecule has 2 saturated heterocycles. The average molecular weight is 226 g/mol. The third-order valence-corrected chi connectivity index (χ3v) is 3.97. The van der Waals surface area contributed by atoms with Crippen LogP contribution in [0.4, 0.5) is 0 Å². The van der Waals surface area contributed by atoms with Crippen molar-refractivity contribution < 1.29 is 4.74 Å². The Morgan fingerprint density at radius 2 is 2.25 bits per heavy atom. The Kier molecular flexibility index (Phi) is 5.07. The second kappa shape index (κ2) is 6.58. The molecule has 2 fully saturated rings. The predicted octanol–water partition coefficient (Wildman–Crippen LogP) is 1.53. The molecule has 0 radical (unpaired) electrons. The van der Waals surface area contributed by atoms with Crippen LogP contribution in [-0.2, 0) is 4.74 Å². The molecule has 0 aromatic heterocycles. The highest BCUT2D eigenvalue weighted by Crippen LogP contribution is 2.18. The Hall–Kier alpha value is -0.120. The Balaban J connectivity index is 1.58. The van der Waals surface area contributed by atoms with E-state index in [0.717, 1.165) is 25.6 Å². The number of hydrogen-bond donors (Lipinski definition) is 2. The van der Waals surface area contributed by atoms with Crippen molar-refractivity contribution in [2.75, 3.05) is 26.2 Å². The van der Waals surface area contributed by atoms with Crippen LogP contribution in [0.5, 0.6) is 0 Å². The van der Waals surface area contributed by atoms with Crippen molar-refractivity contribution in [1.82, 2.24) is 10.6 Å². The fraction of sp³-hybridized carbons (Fsp3) is 1.00. The van der Waals surface area contributed by atoms with Gasteiger partial charge in [0.05, 0.1) is 6.10 Å². The second-order valence-corrected chi connectivity index (χ2v) is 5.24. The molecule has 2 N–H and O–H groups in total. The molecule has 3 heteroatoms. The van der Waals surface area contributed by atoms with Crippen LogP contribution in [-0.4, -0.2) is 38.4 Å². The van der Waals surface area contributed by atoms with Crippen LogP contribution in [0.3, 0.4) is 0 Å². The van der Waals surface area contributed by atoms with Crippen molar-refractivity contribution in [2.45, 2.75) is 51.2 Å². The topological polar surface area (TPSA) is 33.3 Å². The molecular weight excluding hydrogens is 200 g/mol. The summed E-state index contributed by atoms with van der Waals surface area (Å²) in [4.78, 5) is 0. The lowest BCUT2D eigenvalue weighted by atomic mass is 9.90. The van der Waals surface area contributed by atoms with E-state index in [1.807, 2.05) is 0 Å². The number of piperidine rings is 1. The van der Waals surface area contributed by atoms with Gasteiger partial charge in [-0.25, -0.2) is 0 Å². The van der Waals surface area contributed by atoms with Gasteiger partial charge in [0.25, 0.3) is 0 Å². The summed E-state index contributed by atoms with van der Waals surface area (Å²) < 4.78 is 5.60. The first-order valence-corrected chi connectivity index (χ1v) is 6.94. The lowest BCUT2D eigenvalue weighted by molar-refractivity contribution is 0.109. The largest absolute Gasteiger partial charge is 0.377 e. The number of nitrogens with one attached hydrogen (secondary N) is 2. The van der Waals surface area contributed by atoms with Crippen LogP contribution in [0.1, 0.15) is 39.0 Å². The third-order valence-electron chi connectivity index (χ3n) is 3.97. The summed E-state index contributed by atoms with van der Waals surface area (Å²) in [6.07, 6.45) is 7.00. The van der Waals surface area contributed by atoms with Gasteiger partial charge >= 0.3 is 0 Å². The molecule has 0 aliphatic carbocycles. The Labute approximate surface area is 99.3 Å². The van der Waals surface area contributed by atoms with Gasteiger partial charge in [-0.05, 0) is 38.1 Å². The van der Waals surface area contributed by atoms with E-state index in [1.54, 1.807) is 0 Å². The molecule has 0 aromatic carbocycles. The average Bonchev–Trinajstić information content (AvgIpc) is 2.82. The minimum absolute atomic E-state index is 0.477. The van der Waals surface area contributed by atoms with Crippen LogP contribution in [0, 0.1) is 5.92 Å². The lowest BCUT2D eigenvalue weighted by Crippen LogP contribution is -2.45. The molecule has 2 aliphatic rings. The SMILES string of the molecule is CCC1CCNC(CNCC2CCCO2)C1. The number of hydrogen-bond acceptors (Lipinski definition) is 3. The summed E-state index contributed by atoms with van der Waals surface area (Å²) in [7, 11) is 0. The highest BCUT2D eigenvalue weighted by atomic mass is 16.5. The van der Waals surface area contributed by atoms with Crippen LogP contribution in [0.2, 0.25) is 0 Å². The molecule has 2 heterocycles. The Morgan fingerprint density at radius 3 is 3.00 bits per heavy atom. The van der Waals surface area contributed by atoms with E-state index in [9.17, 15) is 0 Å². The summed E-state index contributed by atoms with van der Waals surface area (Å²) in [5.41, 5.74) is 0. The molecule has 3 unspecified atom stereocenters. The van der Waals surface area contributed by atoms with E-state index in [2.05, 4.69) is 17.6 Å². The van der Waals surface area contributed by atoms with E-state index in [4.69, 9.17) is 4.74 Å². The molecule has 16 heavy (non-hydrogen) atoms.